The molecule has 1 amide bonds. The maximum Gasteiger partial charge on any atom is 0.236 e. The zero-order chi connectivity index (χ0) is 23.4. The second-order valence-corrected chi connectivity index (χ2v) is 8.00. The Morgan fingerprint density at radius 3 is 2.58 bits per heavy atom. The van der Waals surface area contributed by atoms with E-state index in [1.54, 1.807) is 60.0 Å². The number of thioether (sulfide) groups is 1. The fourth-order valence-corrected chi connectivity index (χ4v) is 3.98. The minimum absolute atomic E-state index is 0.00798. The maximum atomic E-state index is 14.3. The molecule has 0 unspecified atom stereocenters. The third-order valence-corrected chi connectivity index (χ3v) is 5.62. The summed E-state index contributed by atoms with van der Waals surface area (Å²) >= 11 is 1.15. The summed E-state index contributed by atoms with van der Waals surface area (Å²) in [5.41, 5.74) is 1.17. The molecule has 0 atom stereocenters. The smallest absolute Gasteiger partial charge is 0.236 e. The highest BCUT2D eigenvalue weighted by Gasteiger charge is 2.18. The first-order valence-corrected chi connectivity index (χ1v) is 11.0. The Labute approximate surface area is 193 Å². The zero-order valence-corrected chi connectivity index (χ0v) is 18.5. The van der Waals surface area contributed by atoms with Gasteiger partial charge in [0.05, 0.1) is 17.0 Å². The van der Waals surface area contributed by atoms with Crippen molar-refractivity contribution in [3.8, 4) is 17.1 Å². The largest absolute Gasteiger partial charge is 0.310 e. The number of nitrogens with one attached hydrogen (secondary N) is 1. The topological polar surface area (TPSA) is 77.6 Å². The van der Waals surface area contributed by atoms with E-state index in [1.807, 2.05) is 0 Å². The molecule has 33 heavy (non-hydrogen) atoms. The van der Waals surface area contributed by atoms with E-state index in [0.29, 0.717) is 34.6 Å². The molecule has 0 aliphatic rings. The Morgan fingerprint density at radius 1 is 1.12 bits per heavy atom. The van der Waals surface area contributed by atoms with Crippen LogP contribution < -0.4 is 5.32 Å². The van der Waals surface area contributed by atoms with Gasteiger partial charge in [-0.25, -0.2) is 13.5 Å². The van der Waals surface area contributed by atoms with E-state index in [1.165, 1.54) is 16.8 Å². The molecular weight excluding hydrogens is 446 g/mol. The summed E-state index contributed by atoms with van der Waals surface area (Å²) in [5.74, 6) is -0.497. The highest BCUT2D eigenvalue weighted by atomic mass is 32.2. The van der Waals surface area contributed by atoms with Crippen molar-refractivity contribution in [3.05, 3.63) is 84.6 Å². The van der Waals surface area contributed by atoms with Gasteiger partial charge in [0.2, 0.25) is 5.91 Å². The molecule has 0 fully saturated rings. The number of carbonyl (C=O) groups is 1. The van der Waals surface area contributed by atoms with Crippen LogP contribution in [0.5, 0.6) is 0 Å². The number of halogens is 2. The zero-order valence-electron chi connectivity index (χ0n) is 17.7. The molecule has 1 N–H and O–H groups in total. The SMILES string of the molecule is C=CCn1c(SCC(=O)Nc2cc(C)nn2-c2ccccc2F)nnc1-c1ccccc1F. The Bertz CT molecular complexity index is 1320. The third-order valence-electron chi connectivity index (χ3n) is 4.66. The van der Waals surface area contributed by atoms with Gasteiger partial charge in [-0.05, 0) is 31.2 Å². The van der Waals surface area contributed by atoms with Crippen LogP contribution in [0.2, 0.25) is 0 Å². The van der Waals surface area contributed by atoms with Gasteiger partial charge >= 0.3 is 0 Å². The molecule has 2 heterocycles. The van der Waals surface area contributed by atoms with E-state index in [9.17, 15) is 13.6 Å². The first-order chi connectivity index (χ1) is 16.0. The van der Waals surface area contributed by atoms with Crippen LogP contribution >= 0.6 is 11.8 Å². The molecule has 0 aliphatic heterocycles. The number of anilines is 1. The second-order valence-electron chi connectivity index (χ2n) is 7.06. The van der Waals surface area contributed by atoms with Gasteiger partial charge in [0.1, 0.15) is 23.1 Å². The number of para-hydroxylation sites is 1. The van der Waals surface area contributed by atoms with Gasteiger partial charge in [-0.15, -0.1) is 16.8 Å². The van der Waals surface area contributed by atoms with E-state index >= 15 is 0 Å². The summed E-state index contributed by atoms with van der Waals surface area (Å²) in [7, 11) is 0. The molecule has 0 saturated carbocycles. The van der Waals surface area contributed by atoms with Gasteiger partial charge in [-0.3, -0.25) is 9.36 Å². The van der Waals surface area contributed by atoms with E-state index in [2.05, 4.69) is 27.2 Å². The molecule has 0 radical (unpaired) electrons. The van der Waals surface area contributed by atoms with Crippen LogP contribution in [-0.2, 0) is 11.3 Å². The van der Waals surface area contributed by atoms with Crippen LogP contribution in [0.15, 0.2) is 72.4 Å². The van der Waals surface area contributed by atoms with Crippen LogP contribution in [0.1, 0.15) is 5.69 Å². The number of hydrogen-bond acceptors (Lipinski definition) is 5. The Morgan fingerprint density at radius 2 is 1.85 bits per heavy atom. The molecule has 4 rings (SSSR count). The number of allylic oxidation sites excluding steroid dienone is 1. The van der Waals surface area contributed by atoms with Crippen LogP contribution in [0, 0.1) is 18.6 Å². The quantitative estimate of drug-likeness (QED) is 0.303. The minimum atomic E-state index is -0.455. The molecule has 2 aromatic carbocycles. The van der Waals surface area contributed by atoms with Crippen molar-refractivity contribution in [1.29, 1.82) is 0 Å². The standard InChI is InChI=1S/C23H20F2N6OS/c1-3-12-30-22(16-8-4-5-9-17(16)24)27-28-23(30)33-14-21(32)26-20-13-15(2)29-31(20)19-11-7-6-10-18(19)25/h3-11,13H,1,12,14H2,2H3,(H,26,32). The average Bonchev–Trinajstić information content (AvgIpc) is 3.36. The molecule has 0 bridgehead atoms. The molecule has 2 aromatic heterocycles. The summed E-state index contributed by atoms with van der Waals surface area (Å²) in [6, 6.07) is 14.1. The number of amides is 1. The number of benzene rings is 2. The number of aryl methyl sites for hydroxylation is 1. The summed E-state index contributed by atoms with van der Waals surface area (Å²) in [5, 5.41) is 15.7. The van der Waals surface area contributed by atoms with Crippen molar-refractivity contribution in [2.45, 2.75) is 18.6 Å². The molecule has 7 nitrogen and oxygen atoms in total. The van der Waals surface area contributed by atoms with Crippen molar-refractivity contribution < 1.29 is 13.6 Å². The van der Waals surface area contributed by atoms with Crippen molar-refractivity contribution >= 4 is 23.5 Å². The minimum Gasteiger partial charge on any atom is -0.310 e. The van der Waals surface area contributed by atoms with E-state index in [4.69, 9.17) is 0 Å². The van der Waals surface area contributed by atoms with Crippen molar-refractivity contribution in [3.63, 3.8) is 0 Å². The lowest BCUT2D eigenvalue weighted by atomic mass is 10.2. The number of rotatable bonds is 8. The van der Waals surface area contributed by atoms with Crippen LogP contribution in [0.3, 0.4) is 0 Å². The molecular formula is C23H20F2N6OS. The highest BCUT2D eigenvalue weighted by molar-refractivity contribution is 7.99. The van der Waals surface area contributed by atoms with Gasteiger partial charge in [0.15, 0.2) is 11.0 Å². The number of carbonyl (C=O) groups excluding carboxylic acids is 1. The van der Waals surface area contributed by atoms with Crippen LogP contribution in [0.25, 0.3) is 17.1 Å². The summed E-state index contributed by atoms with van der Waals surface area (Å²) in [6.45, 7) is 5.83. The lowest BCUT2D eigenvalue weighted by Gasteiger charge is -2.10. The molecule has 10 heteroatoms. The lowest BCUT2D eigenvalue weighted by Crippen LogP contribution is -2.17. The van der Waals surface area contributed by atoms with Crippen molar-refractivity contribution in [1.82, 2.24) is 24.5 Å². The molecule has 4 aromatic rings. The molecule has 168 valence electrons. The first-order valence-electron chi connectivity index (χ1n) is 10.0. The average molecular weight is 467 g/mol. The summed E-state index contributed by atoms with van der Waals surface area (Å²) < 4.78 is 31.5. The predicted octanol–water partition coefficient (Wildman–Crippen LogP) is 4.63. The second kappa shape index (κ2) is 9.78. The van der Waals surface area contributed by atoms with E-state index in [0.717, 1.165) is 11.8 Å². The number of nitrogens with zero attached hydrogens (tertiary/aromatic N) is 5. The fourth-order valence-electron chi connectivity index (χ4n) is 3.24. The van der Waals surface area contributed by atoms with Crippen LogP contribution in [0.4, 0.5) is 14.6 Å². The molecule has 0 saturated heterocycles. The predicted molar refractivity (Wildman–Crippen MR) is 123 cm³/mol. The maximum absolute atomic E-state index is 14.3. The first kappa shape index (κ1) is 22.4. The van der Waals surface area contributed by atoms with Gasteiger partial charge in [0, 0.05) is 12.6 Å². The van der Waals surface area contributed by atoms with E-state index in [-0.39, 0.29) is 17.3 Å². The van der Waals surface area contributed by atoms with Crippen molar-refractivity contribution in [2.75, 3.05) is 11.1 Å². The Kier molecular flexibility index (Phi) is 6.64. The monoisotopic (exact) mass is 466 g/mol. The third kappa shape index (κ3) is 4.85. The Balaban J connectivity index is 1.51. The van der Waals surface area contributed by atoms with Crippen LogP contribution in [-0.4, -0.2) is 36.2 Å². The normalized spacial score (nSPS) is 10.9. The van der Waals surface area contributed by atoms with Gasteiger partial charge in [-0.2, -0.15) is 5.10 Å². The lowest BCUT2D eigenvalue weighted by molar-refractivity contribution is -0.113. The number of hydrogen-bond donors (Lipinski definition) is 1. The van der Waals surface area contributed by atoms with Gasteiger partial charge in [-0.1, -0.05) is 42.1 Å². The van der Waals surface area contributed by atoms with Gasteiger partial charge < -0.3 is 5.32 Å². The summed E-state index contributed by atoms with van der Waals surface area (Å²) in [6.07, 6.45) is 1.65. The number of aromatic nitrogens is 5. The highest BCUT2D eigenvalue weighted by Crippen LogP contribution is 2.26. The molecule has 0 spiro atoms. The van der Waals surface area contributed by atoms with E-state index < -0.39 is 11.6 Å². The van der Waals surface area contributed by atoms with Crippen molar-refractivity contribution in [2.24, 2.45) is 0 Å². The summed E-state index contributed by atoms with van der Waals surface area (Å²) in [4.78, 5) is 12.7. The molecule has 0 aliphatic carbocycles. The van der Waals surface area contributed by atoms with Gasteiger partial charge in [0.25, 0.3) is 0 Å². The fraction of sp³-hybridized carbons (Fsp3) is 0.130. The Hall–Kier alpha value is -3.79.